The van der Waals surface area contributed by atoms with Crippen LogP contribution in [0.3, 0.4) is 0 Å². The van der Waals surface area contributed by atoms with Gasteiger partial charge in [-0.2, -0.15) is 5.10 Å². The largest absolute Gasteiger partial charge is 0.310 e. The number of aromatic nitrogens is 2. The molecule has 108 valence electrons. The molecule has 1 unspecified atom stereocenters. The molecule has 0 aliphatic carbocycles. The van der Waals surface area contributed by atoms with E-state index in [1.54, 1.807) is 0 Å². The fourth-order valence-corrected chi connectivity index (χ4v) is 2.32. The standard InChI is InChI=1S/C16H22FN3/c1-12-11-13(2)20(19-12)10-4-9-18-14(3)15-5-7-16(17)8-6-15/h5-8,11,14,18H,4,9-10H2,1-3H3. The third kappa shape index (κ3) is 3.90. The minimum absolute atomic E-state index is 0.189. The first-order valence-corrected chi connectivity index (χ1v) is 7.06. The van der Waals surface area contributed by atoms with Gasteiger partial charge in [0.15, 0.2) is 0 Å². The first kappa shape index (κ1) is 14.7. The van der Waals surface area contributed by atoms with Crippen molar-refractivity contribution in [3.05, 3.63) is 53.1 Å². The van der Waals surface area contributed by atoms with Gasteiger partial charge in [-0.3, -0.25) is 4.68 Å². The zero-order chi connectivity index (χ0) is 14.5. The molecule has 0 spiro atoms. The molecule has 0 amide bonds. The number of nitrogens with zero attached hydrogens (tertiary/aromatic N) is 2. The second kappa shape index (κ2) is 6.66. The number of halogens is 1. The van der Waals surface area contributed by atoms with E-state index >= 15 is 0 Å². The van der Waals surface area contributed by atoms with Gasteiger partial charge in [0.25, 0.3) is 0 Å². The summed E-state index contributed by atoms with van der Waals surface area (Å²) in [5.41, 5.74) is 3.38. The monoisotopic (exact) mass is 275 g/mol. The minimum Gasteiger partial charge on any atom is -0.310 e. The third-order valence-corrected chi connectivity index (χ3v) is 3.47. The van der Waals surface area contributed by atoms with Gasteiger partial charge in [0.1, 0.15) is 5.82 Å². The zero-order valence-corrected chi connectivity index (χ0v) is 12.4. The quantitative estimate of drug-likeness (QED) is 0.819. The lowest BCUT2D eigenvalue weighted by molar-refractivity contribution is 0.500. The Bertz CT molecular complexity index is 545. The molecule has 1 atom stereocenters. The summed E-state index contributed by atoms with van der Waals surface area (Å²) in [6, 6.07) is 8.99. The summed E-state index contributed by atoms with van der Waals surface area (Å²) in [5, 5.41) is 7.89. The molecule has 0 aliphatic heterocycles. The molecular weight excluding hydrogens is 253 g/mol. The molecule has 4 heteroatoms. The van der Waals surface area contributed by atoms with Crippen LogP contribution in [0.5, 0.6) is 0 Å². The number of benzene rings is 1. The van der Waals surface area contributed by atoms with Gasteiger partial charge in [0.05, 0.1) is 5.69 Å². The molecule has 1 aromatic heterocycles. The average molecular weight is 275 g/mol. The number of aryl methyl sites for hydroxylation is 3. The van der Waals surface area contributed by atoms with Gasteiger partial charge in [0, 0.05) is 18.3 Å². The predicted octanol–water partition coefficient (Wildman–Crippen LogP) is 3.38. The van der Waals surface area contributed by atoms with E-state index in [-0.39, 0.29) is 11.9 Å². The van der Waals surface area contributed by atoms with E-state index in [2.05, 4.69) is 30.3 Å². The molecule has 0 aliphatic rings. The fraction of sp³-hybridized carbons (Fsp3) is 0.438. The molecule has 1 heterocycles. The van der Waals surface area contributed by atoms with Crippen molar-refractivity contribution in [2.24, 2.45) is 0 Å². The van der Waals surface area contributed by atoms with Crippen molar-refractivity contribution in [3.8, 4) is 0 Å². The molecule has 3 nitrogen and oxygen atoms in total. The van der Waals surface area contributed by atoms with Crippen LogP contribution in [0.2, 0.25) is 0 Å². The van der Waals surface area contributed by atoms with Crippen molar-refractivity contribution in [2.45, 2.75) is 39.8 Å². The third-order valence-electron chi connectivity index (χ3n) is 3.47. The summed E-state index contributed by atoms with van der Waals surface area (Å²) in [6.45, 7) is 8.02. The van der Waals surface area contributed by atoms with Crippen LogP contribution in [0.1, 0.15) is 36.3 Å². The van der Waals surface area contributed by atoms with E-state index in [1.807, 2.05) is 23.7 Å². The Morgan fingerprint density at radius 1 is 1.25 bits per heavy atom. The fourth-order valence-electron chi connectivity index (χ4n) is 2.32. The number of nitrogens with one attached hydrogen (secondary N) is 1. The topological polar surface area (TPSA) is 29.9 Å². The highest BCUT2D eigenvalue weighted by Crippen LogP contribution is 2.12. The van der Waals surface area contributed by atoms with Crippen LogP contribution in [0, 0.1) is 19.7 Å². The Hall–Kier alpha value is -1.68. The maximum Gasteiger partial charge on any atom is 0.123 e. The summed E-state index contributed by atoms with van der Waals surface area (Å²) >= 11 is 0. The Kier molecular flexibility index (Phi) is 4.90. The smallest absolute Gasteiger partial charge is 0.123 e. The van der Waals surface area contributed by atoms with Gasteiger partial charge in [-0.15, -0.1) is 0 Å². The number of hydrogen-bond donors (Lipinski definition) is 1. The maximum absolute atomic E-state index is 12.9. The van der Waals surface area contributed by atoms with E-state index in [1.165, 1.54) is 17.8 Å². The normalized spacial score (nSPS) is 12.6. The van der Waals surface area contributed by atoms with Crippen LogP contribution in [0.25, 0.3) is 0 Å². The summed E-state index contributed by atoms with van der Waals surface area (Å²) in [5.74, 6) is -0.189. The SMILES string of the molecule is Cc1cc(C)n(CCCNC(C)c2ccc(F)cc2)n1. The molecule has 2 rings (SSSR count). The Morgan fingerprint density at radius 3 is 2.55 bits per heavy atom. The lowest BCUT2D eigenvalue weighted by Gasteiger charge is -2.14. The van der Waals surface area contributed by atoms with Crippen LogP contribution < -0.4 is 5.32 Å². The zero-order valence-electron chi connectivity index (χ0n) is 12.4. The lowest BCUT2D eigenvalue weighted by atomic mass is 10.1. The van der Waals surface area contributed by atoms with E-state index in [9.17, 15) is 4.39 Å². The van der Waals surface area contributed by atoms with Crippen molar-refractivity contribution in [1.82, 2.24) is 15.1 Å². The summed E-state index contributed by atoms with van der Waals surface area (Å²) < 4.78 is 14.9. The van der Waals surface area contributed by atoms with Crippen LogP contribution >= 0.6 is 0 Å². The Balaban J connectivity index is 1.75. The Labute approximate surface area is 119 Å². The average Bonchev–Trinajstić information content (AvgIpc) is 2.73. The predicted molar refractivity (Wildman–Crippen MR) is 79.1 cm³/mol. The van der Waals surface area contributed by atoms with E-state index in [0.29, 0.717) is 0 Å². The highest BCUT2D eigenvalue weighted by Gasteiger charge is 2.05. The summed E-state index contributed by atoms with van der Waals surface area (Å²) in [6.07, 6.45) is 1.02. The van der Waals surface area contributed by atoms with Crippen molar-refractivity contribution in [2.75, 3.05) is 6.54 Å². The van der Waals surface area contributed by atoms with Crippen molar-refractivity contribution in [1.29, 1.82) is 0 Å². The van der Waals surface area contributed by atoms with E-state index in [0.717, 1.165) is 30.8 Å². The number of hydrogen-bond acceptors (Lipinski definition) is 2. The lowest BCUT2D eigenvalue weighted by Crippen LogP contribution is -2.21. The molecular formula is C16H22FN3. The van der Waals surface area contributed by atoms with Gasteiger partial charge in [-0.05, 0) is 57.5 Å². The van der Waals surface area contributed by atoms with Gasteiger partial charge in [-0.1, -0.05) is 12.1 Å². The highest BCUT2D eigenvalue weighted by molar-refractivity contribution is 5.19. The van der Waals surface area contributed by atoms with Gasteiger partial charge >= 0.3 is 0 Å². The first-order valence-electron chi connectivity index (χ1n) is 7.06. The summed E-state index contributed by atoms with van der Waals surface area (Å²) in [4.78, 5) is 0. The van der Waals surface area contributed by atoms with Crippen LogP contribution in [0.15, 0.2) is 30.3 Å². The molecule has 0 saturated carbocycles. The van der Waals surface area contributed by atoms with E-state index in [4.69, 9.17) is 0 Å². The molecule has 1 aromatic carbocycles. The second-order valence-corrected chi connectivity index (χ2v) is 5.23. The summed E-state index contributed by atoms with van der Waals surface area (Å²) in [7, 11) is 0. The van der Waals surface area contributed by atoms with Crippen molar-refractivity contribution < 1.29 is 4.39 Å². The molecule has 1 N–H and O–H groups in total. The molecule has 0 bridgehead atoms. The van der Waals surface area contributed by atoms with Crippen LogP contribution in [-0.4, -0.2) is 16.3 Å². The Morgan fingerprint density at radius 2 is 1.95 bits per heavy atom. The second-order valence-electron chi connectivity index (χ2n) is 5.23. The first-order chi connectivity index (χ1) is 9.56. The van der Waals surface area contributed by atoms with Gasteiger partial charge in [-0.25, -0.2) is 4.39 Å². The van der Waals surface area contributed by atoms with Gasteiger partial charge < -0.3 is 5.32 Å². The molecule has 0 fully saturated rings. The van der Waals surface area contributed by atoms with Crippen LogP contribution in [0.4, 0.5) is 4.39 Å². The highest BCUT2D eigenvalue weighted by atomic mass is 19.1. The molecule has 20 heavy (non-hydrogen) atoms. The maximum atomic E-state index is 12.9. The van der Waals surface area contributed by atoms with Crippen LogP contribution in [-0.2, 0) is 6.54 Å². The van der Waals surface area contributed by atoms with Crippen molar-refractivity contribution in [3.63, 3.8) is 0 Å². The molecule has 0 radical (unpaired) electrons. The van der Waals surface area contributed by atoms with E-state index < -0.39 is 0 Å². The molecule has 2 aromatic rings. The number of rotatable bonds is 6. The van der Waals surface area contributed by atoms with Crippen molar-refractivity contribution >= 4 is 0 Å². The minimum atomic E-state index is -0.189. The molecule has 0 saturated heterocycles. The van der Waals surface area contributed by atoms with Gasteiger partial charge in [0.2, 0.25) is 0 Å².